The molecule has 0 radical (unpaired) electrons. The molecule has 5 rings (SSSR count). The maximum atomic E-state index is 12.8. The molecule has 0 aromatic carbocycles. The molecule has 0 aromatic heterocycles. The van der Waals surface area contributed by atoms with Crippen molar-refractivity contribution in [1.82, 2.24) is 0 Å². The number of fused-ring (bicyclic) bond motifs is 1. The summed E-state index contributed by atoms with van der Waals surface area (Å²) in [6, 6.07) is 0. The van der Waals surface area contributed by atoms with Crippen LogP contribution in [0.15, 0.2) is 12.2 Å². The first-order chi connectivity index (χ1) is 12.6. The first-order valence-corrected chi connectivity index (χ1v) is 9.71. The van der Waals surface area contributed by atoms with Crippen LogP contribution in [0, 0.1) is 39.9 Å². The lowest BCUT2D eigenvalue weighted by molar-refractivity contribution is -0.246. The third-order valence-electron chi connectivity index (χ3n) is 8.87. The van der Waals surface area contributed by atoms with Gasteiger partial charge in [0.2, 0.25) is 0 Å². The van der Waals surface area contributed by atoms with E-state index in [1.165, 1.54) is 6.92 Å². The van der Waals surface area contributed by atoms with Gasteiger partial charge in [-0.05, 0) is 43.9 Å². The predicted molar refractivity (Wildman–Crippen MR) is 91.2 cm³/mol. The van der Waals surface area contributed by atoms with E-state index in [-0.39, 0.29) is 18.9 Å². The molecule has 27 heavy (non-hydrogen) atoms. The Morgan fingerprint density at radius 2 is 1.85 bits per heavy atom. The van der Waals surface area contributed by atoms with Gasteiger partial charge in [-0.3, -0.25) is 9.59 Å². The second-order valence-electron chi connectivity index (χ2n) is 9.85. The minimum atomic E-state index is -1.51. The molecule has 0 aromatic rings. The zero-order chi connectivity index (χ0) is 19.5. The highest BCUT2D eigenvalue weighted by atomic mass is 16.5. The van der Waals surface area contributed by atoms with E-state index >= 15 is 0 Å². The van der Waals surface area contributed by atoms with E-state index in [0.29, 0.717) is 19.3 Å². The highest BCUT2D eigenvalue weighted by Crippen LogP contribution is 2.78. The monoisotopic (exact) mass is 378 g/mol. The number of hydrogen-bond acceptors (Lipinski definition) is 6. The number of carboxylic acids is 1. The maximum Gasteiger partial charge on any atom is 0.314 e. The second-order valence-corrected chi connectivity index (χ2v) is 9.85. The third-order valence-corrected chi connectivity index (χ3v) is 8.87. The van der Waals surface area contributed by atoms with Crippen LogP contribution in [0.25, 0.3) is 0 Å². The number of carboxylic acid groups (broad SMARTS) is 1. The van der Waals surface area contributed by atoms with Crippen molar-refractivity contribution in [3.05, 3.63) is 12.2 Å². The fourth-order valence-corrected chi connectivity index (χ4v) is 8.30. The molecule has 148 valence electrons. The second kappa shape index (κ2) is 4.93. The average Bonchev–Trinajstić information content (AvgIpc) is 2.99. The van der Waals surface area contributed by atoms with Crippen LogP contribution in [0.2, 0.25) is 0 Å². The van der Waals surface area contributed by atoms with Crippen LogP contribution in [-0.2, 0) is 14.3 Å². The van der Waals surface area contributed by atoms with Crippen molar-refractivity contribution in [3.63, 3.8) is 0 Å². The van der Waals surface area contributed by atoms with Gasteiger partial charge in [0.15, 0.2) is 0 Å². The van der Waals surface area contributed by atoms with Gasteiger partial charge in [0.1, 0.15) is 0 Å². The SMILES string of the molecule is C=C1CC23CC1CC(O)C2C12COC(=O)C(C)(C(O)C(O)C1)C2C3C(=O)O. The molecule has 4 saturated carbocycles. The van der Waals surface area contributed by atoms with E-state index in [1.807, 2.05) is 0 Å². The van der Waals surface area contributed by atoms with Gasteiger partial charge in [0, 0.05) is 17.3 Å². The fraction of sp³-hybridized carbons (Fsp3) is 0.800. The van der Waals surface area contributed by atoms with Crippen molar-refractivity contribution in [2.75, 3.05) is 6.61 Å². The van der Waals surface area contributed by atoms with Crippen LogP contribution in [0.5, 0.6) is 0 Å². The summed E-state index contributed by atoms with van der Waals surface area (Å²) in [6.07, 6.45) is -1.50. The van der Waals surface area contributed by atoms with Gasteiger partial charge in [-0.25, -0.2) is 0 Å². The number of aliphatic hydroxyl groups excluding tert-OH is 3. The van der Waals surface area contributed by atoms with E-state index in [1.54, 1.807) is 0 Å². The van der Waals surface area contributed by atoms with Gasteiger partial charge >= 0.3 is 11.9 Å². The zero-order valence-corrected chi connectivity index (χ0v) is 15.3. The Hall–Kier alpha value is -1.44. The van der Waals surface area contributed by atoms with E-state index < -0.39 is 64.2 Å². The standard InChI is InChI=1S/C20H26O7/c1-8-4-19-5-9(8)3-10(21)13(19)20-6-11(22)15(23)18(2,17(26)27-7-20)14(20)12(19)16(24)25/h9-15,21-23H,1,3-7H2,2H3,(H,24,25). The molecule has 4 bridgehead atoms. The number of rotatable bonds is 1. The van der Waals surface area contributed by atoms with Gasteiger partial charge in [-0.1, -0.05) is 12.2 Å². The maximum absolute atomic E-state index is 12.8. The summed E-state index contributed by atoms with van der Waals surface area (Å²) in [4.78, 5) is 25.3. The minimum Gasteiger partial charge on any atom is -0.481 e. The number of aliphatic hydroxyl groups is 3. The number of carbonyl (C=O) groups excluding carboxylic acids is 1. The lowest BCUT2D eigenvalue weighted by Gasteiger charge is -2.59. The van der Waals surface area contributed by atoms with Gasteiger partial charge in [-0.15, -0.1) is 0 Å². The Labute approximate surface area is 157 Å². The molecule has 5 aliphatic rings. The molecule has 7 heteroatoms. The Balaban J connectivity index is 1.80. The Morgan fingerprint density at radius 3 is 2.52 bits per heavy atom. The van der Waals surface area contributed by atoms with E-state index in [0.717, 1.165) is 5.57 Å². The number of cyclic esters (lactones) is 1. The zero-order valence-electron chi connectivity index (χ0n) is 15.3. The Kier molecular flexibility index (Phi) is 3.22. The number of aliphatic carboxylic acids is 1. The Bertz CT molecular complexity index is 763. The van der Waals surface area contributed by atoms with Crippen molar-refractivity contribution in [2.45, 2.75) is 50.9 Å². The van der Waals surface area contributed by atoms with Crippen LogP contribution < -0.4 is 0 Å². The van der Waals surface area contributed by atoms with E-state index in [4.69, 9.17) is 4.74 Å². The molecule has 0 amide bonds. The predicted octanol–water partition coefficient (Wildman–Crippen LogP) is 0.325. The number of carbonyl (C=O) groups is 2. The van der Waals surface area contributed by atoms with Crippen molar-refractivity contribution < 1.29 is 34.8 Å². The summed E-state index contributed by atoms with van der Waals surface area (Å²) in [5.41, 5.74) is -2.11. The van der Waals surface area contributed by atoms with Crippen LogP contribution in [0.1, 0.15) is 32.6 Å². The minimum absolute atomic E-state index is 0.0136. The summed E-state index contributed by atoms with van der Waals surface area (Å²) >= 11 is 0. The van der Waals surface area contributed by atoms with Crippen LogP contribution in [0.4, 0.5) is 0 Å². The summed E-state index contributed by atoms with van der Waals surface area (Å²) < 4.78 is 5.49. The van der Waals surface area contributed by atoms with Gasteiger partial charge < -0.3 is 25.2 Å². The van der Waals surface area contributed by atoms with Crippen molar-refractivity contribution in [1.29, 1.82) is 0 Å². The molecule has 1 spiro atoms. The number of esters is 1. The molecular formula is C20H26O7. The lowest BCUT2D eigenvalue weighted by Crippen LogP contribution is -2.68. The molecule has 10 unspecified atom stereocenters. The largest absolute Gasteiger partial charge is 0.481 e. The van der Waals surface area contributed by atoms with E-state index in [2.05, 4.69) is 6.58 Å². The van der Waals surface area contributed by atoms with Crippen molar-refractivity contribution in [2.24, 2.45) is 39.9 Å². The van der Waals surface area contributed by atoms with Crippen LogP contribution in [0.3, 0.4) is 0 Å². The van der Waals surface area contributed by atoms with E-state index in [9.17, 15) is 30.0 Å². The fourth-order valence-electron chi connectivity index (χ4n) is 8.30. The van der Waals surface area contributed by atoms with Crippen molar-refractivity contribution >= 4 is 11.9 Å². The lowest BCUT2D eigenvalue weighted by atomic mass is 9.49. The summed E-state index contributed by atoms with van der Waals surface area (Å²) in [6.45, 7) is 5.65. The molecular weight excluding hydrogens is 352 g/mol. The van der Waals surface area contributed by atoms with Crippen molar-refractivity contribution in [3.8, 4) is 0 Å². The molecule has 1 aliphatic heterocycles. The third kappa shape index (κ3) is 1.71. The molecule has 4 N–H and O–H groups in total. The molecule has 4 aliphatic carbocycles. The van der Waals surface area contributed by atoms with Gasteiger partial charge in [0.25, 0.3) is 0 Å². The summed E-state index contributed by atoms with van der Waals surface area (Å²) in [7, 11) is 0. The summed E-state index contributed by atoms with van der Waals surface area (Å²) in [5, 5.41) is 42.8. The average molecular weight is 378 g/mol. The smallest absolute Gasteiger partial charge is 0.314 e. The topological polar surface area (TPSA) is 124 Å². The Morgan fingerprint density at radius 1 is 1.15 bits per heavy atom. The highest BCUT2D eigenvalue weighted by molar-refractivity contribution is 5.83. The molecule has 7 nitrogen and oxygen atoms in total. The number of hydrogen-bond donors (Lipinski definition) is 4. The van der Waals surface area contributed by atoms with Gasteiger partial charge in [-0.2, -0.15) is 0 Å². The number of allylic oxidation sites excluding steroid dienone is 1. The van der Waals surface area contributed by atoms with Gasteiger partial charge in [0.05, 0.1) is 36.3 Å². The molecule has 5 fully saturated rings. The van der Waals surface area contributed by atoms with Crippen LogP contribution in [-0.4, -0.2) is 57.3 Å². The highest BCUT2D eigenvalue weighted by Gasteiger charge is 2.82. The summed E-state index contributed by atoms with van der Waals surface area (Å²) in [5.74, 6) is -3.56. The normalized spacial score (nSPS) is 58.4. The molecule has 10 atom stereocenters. The molecule has 1 saturated heterocycles. The van der Waals surface area contributed by atoms with Crippen LogP contribution >= 0.6 is 0 Å². The quantitative estimate of drug-likeness (QED) is 0.383. The number of ether oxygens (including phenoxy) is 1. The molecule has 1 heterocycles. The first kappa shape index (κ1) is 17.6. The first-order valence-electron chi connectivity index (χ1n) is 9.71.